The van der Waals surface area contributed by atoms with Crippen LogP contribution in [0.5, 0.6) is 5.75 Å². The molecule has 1 N–H and O–H groups in total. The number of fused-ring (bicyclic) bond motifs is 1. The summed E-state index contributed by atoms with van der Waals surface area (Å²) in [6, 6.07) is 10.5. The monoisotopic (exact) mass is 412 g/mol. The van der Waals surface area contributed by atoms with Gasteiger partial charge in [0.05, 0.1) is 18.0 Å². The standard InChI is InChI=1S/C24H32N2O2S/c1-3-17-10-11-22-18(14-17)15-23(29-22)24(27)25-16-20(26-12-6-7-13-26)19-8-4-5-9-21(19)28-2/h4-5,8-9,15,17,20H,3,6-7,10-14,16H2,1-2H3,(H,25,27)/t17-,20-/m1/s1. The van der Waals surface area contributed by atoms with Crippen LogP contribution < -0.4 is 10.1 Å². The number of para-hydroxylation sites is 1. The number of amides is 1. The zero-order valence-electron chi connectivity index (χ0n) is 17.6. The van der Waals surface area contributed by atoms with Crippen LogP contribution in [-0.2, 0) is 12.8 Å². The quantitative estimate of drug-likeness (QED) is 0.708. The molecule has 2 aliphatic rings. The fraction of sp³-hybridized carbons (Fsp3) is 0.542. The molecule has 2 atom stereocenters. The summed E-state index contributed by atoms with van der Waals surface area (Å²) < 4.78 is 5.62. The molecular formula is C24H32N2O2S. The van der Waals surface area contributed by atoms with E-state index in [4.69, 9.17) is 4.74 Å². The van der Waals surface area contributed by atoms with Crippen molar-refractivity contribution in [1.29, 1.82) is 0 Å². The van der Waals surface area contributed by atoms with Crippen LogP contribution in [-0.4, -0.2) is 37.6 Å². The molecule has 0 saturated carbocycles. The van der Waals surface area contributed by atoms with Crippen molar-refractivity contribution in [3.05, 3.63) is 51.2 Å². The summed E-state index contributed by atoms with van der Waals surface area (Å²) in [5.41, 5.74) is 2.56. The summed E-state index contributed by atoms with van der Waals surface area (Å²) >= 11 is 1.69. The number of rotatable bonds is 7. The second-order valence-electron chi connectivity index (χ2n) is 8.29. The van der Waals surface area contributed by atoms with E-state index in [0.717, 1.165) is 48.0 Å². The van der Waals surface area contributed by atoms with Gasteiger partial charge in [-0.1, -0.05) is 31.5 Å². The van der Waals surface area contributed by atoms with Crippen molar-refractivity contribution >= 4 is 17.2 Å². The van der Waals surface area contributed by atoms with Crippen LogP contribution in [0.2, 0.25) is 0 Å². The molecule has 2 aromatic rings. The van der Waals surface area contributed by atoms with Crippen molar-refractivity contribution in [1.82, 2.24) is 10.2 Å². The third-order valence-electron chi connectivity index (χ3n) is 6.52. The molecule has 0 spiro atoms. The molecule has 4 rings (SSSR count). The maximum Gasteiger partial charge on any atom is 0.261 e. The van der Waals surface area contributed by atoms with Gasteiger partial charge in [0.15, 0.2) is 0 Å². The molecular weight excluding hydrogens is 380 g/mol. The lowest BCUT2D eigenvalue weighted by atomic mass is 9.87. The highest BCUT2D eigenvalue weighted by molar-refractivity contribution is 7.14. The van der Waals surface area contributed by atoms with Gasteiger partial charge in [-0.2, -0.15) is 0 Å². The van der Waals surface area contributed by atoms with E-state index >= 15 is 0 Å². The van der Waals surface area contributed by atoms with Crippen molar-refractivity contribution in [2.45, 2.75) is 51.5 Å². The highest BCUT2D eigenvalue weighted by Crippen LogP contribution is 2.34. The molecule has 1 saturated heterocycles. The molecule has 4 nitrogen and oxygen atoms in total. The van der Waals surface area contributed by atoms with Gasteiger partial charge in [0.1, 0.15) is 5.75 Å². The summed E-state index contributed by atoms with van der Waals surface area (Å²) in [7, 11) is 1.72. The van der Waals surface area contributed by atoms with E-state index in [-0.39, 0.29) is 11.9 Å². The molecule has 0 bridgehead atoms. The molecule has 1 aromatic heterocycles. The van der Waals surface area contributed by atoms with Crippen LogP contribution in [0.25, 0.3) is 0 Å². The van der Waals surface area contributed by atoms with E-state index in [1.54, 1.807) is 18.4 Å². The number of carbonyl (C=O) groups is 1. The first kappa shape index (κ1) is 20.4. The Balaban J connectivity index is 1.48. The first-order chi connectivity index (χ1) is 14.2. The highest BCUT2D eigenvalue weighted by atomic mass is 32.1. The number of hydrogen-bond acceptors (Lipinski definition) is 4. The smallest absolute Gasteiger partial charge is 0.261 e. The molecule has 1 aliphatic heterocycles. The SMILES string of the molecule is CC[C@@H]1CCc2sc(C(=O)NC[C@H](c3ccccc3OC)N3CCCC3)cc2C1. The zero-order valence-corrected chi connectivity index (χ0v) is 18.4. The Morgan fingerprint density at radius 2 is 2.10 bits per heavy atom. The minimum atomic E-state index is 0.0662. The number of thiophene rings is 1. The molecule has 0 unspecified atom stereocenters. The Morgan fingerprint density at radius 3 is 2.86 bits per heavy atom. The van der Waals surface area contributed by atoms with Crippen molar-refractivity contribution < 1.29 is 9.53 Å². The summed E-state index contributed by atoms with van der Waals surface area (Å²) in [6.07, 6.45) is 7.19. The molecule has 29 heavy (non-hydrogen) atoms. The third-order valence-corrected chi connectivity index (χ3v) is 7.76. The number of hydrogen-bond donors (Lipinski definition) is 1. The normalized spacial score (nSPS) is 20.3. The van der Waals surface area contributed by atoms with Gasteiger partial charge in [0.25, 0.3) is 5.91 Å². The van der Waals surface area contributed by atoms with Crippen LogP contribution in [0.15, 0.2) is 30.3 Å². The third kappa shape index (κ3) is 4.51. The van der Waals surface area contributed by atoms with Crippen molar-refractivity contribution in [3.63, 3.8) is 0 Å². The average molecular weight is 413 g/mol. The van der Waals surface area contributed by atoms with Gasteiger partial charge in [-0.05, 0) is 68.8 Å². The lowest BCUT2D eigenvalue weighted by Crippen LogP contribution is -2.36. The van der Waals surface area contributed by atoms with Gasteiger partial charge in [-0.3, -0.25) is 9.69 Å². The van der Waals surface area contributed by atoms with Gasteiger partial charge in [0.2, 0.25) is 0 Å². The fourth-order valence-corrected chi connectivity index (χ4v) is 5.89. The molecule has 156 valence electrons. The summed E-state index contributed by atoms with van der Waals surface area (Å²) in [5, 5.41) is 3.23. The first-order valence-electron chi connectivity index (χ1n) is 11.0. The molecule has 1 amide bonds. The van der Waals surface area contributed by atoms with Gasteiger partial charge >= 0.3 is 0 Å². The zero-order chi connectivity index (χ0) is 20.2. The first-order valence-corrected chi connectivity index (χ1v) is 11.8. The number of aryl methyl sites for hydroxylation is 1. The molecule has 1 aromatic carbocycles. The topological polar surface area (TPSA) is 41.6 Å². The Kier molecular flexibility index (Phi) is 6.56. The molecule has 1 aliphatic carbocycles. The number of nitrogens with zero attached hydrogens (tertiary/aromatic N) is 1. The number of carbonyl (C=O) groups excluding carboxylic acids is 1. The Bertz CT molecular complexity index is 841. The van der Waals surface area contributed by atoms with E-state index < -0.39 is 0 Å². The van der Waals surface area contributed by atoms with Crippen LogP contribution in [0, 0.1) is 5.92 Å². The predicted molar refractivity (Wildman–Crippen MR) is 119 cm³/mol. The lowest BCUT2D eigenvalue weighted by molar-refractivity contribution is 0.0941. The van der Waals surface area contributed by atoms with Crippen LogP contribution in [0.4, 0.5) is 0 Å². The van der Waals surface area contributed by atoms with Crippen LogP contribution in [0.3, 0.4) is 0 Å². The minimum Gasteiger partial charge on any atom is -0.496 e. The Labute approximate surface area is 178 Å². The van der Waals surface area contributed by atoms with E-state index in [2.05, 4.69) is 35.3 Å². The number of ether oxygens (including phenoxy) is 1. The lowest BCUT2D eigenvalue weighted by Gasteiger charge is -2.29. The van der Waals surface area contributed by atoms with Gasteiger partial charge < -0.3 is 10.1 Å². The van der Waals surface area contributed by atoms with Crippen molar-refractivity contribution in [2.24, 2.45) is 5.92 Å². The summed E-state index contributed by atoms with van der Waals surface area (Å²) in [4.78, 5) is 17.7. The summed E-state index contributed by atoms with van der Waals surface area (Å²) in [6.45, 7) is 5.03. The number of benzene rings is 1. The van der Waals surface area contributed by atoms with E-state index in [0.29, 0.717) is 6.54 Å². The van der Waals surface area contributed by atoms with Gasteiger partial charge in [0, 0.05) is 17.0 Å². The number of methoxy groups -OCH3 is 1. The predicted octanol–water partition coefficient (Wildman–Crippen LogP) is 4.84. The maximum absolute atomic E-state index is 13.0. The molecule has 0 radical (unpaired) electrons. The second-order valence-corrected chi connectivity index (χ2v) is 9.42. The van der Waals surface area contributed by atoms with Gasteiger partial charge in [-0.15, -0.1) is 11.3 Å². The Morgan fingerprint density at radius 1 is 1.31 bits per heavy atom. The minimum absolute atomic E-state index is 0.0662. The second kappa shape index (κ2) is 9.31. The number of nitrogens with one attached hydrogen (secondary N) is 1. The van der Waals surface area contributed by atoms with E-state index in [1.807, 2.05) is 12.1 Å². The molecule has 5 heteroatoms. The largest absolute Gasteiger partial charge is 0.496 e. The van der Waals surface area contributed by atoms with Crippen molar-refractivity contribution in [3.8, 4) is 5.75 Å². The maximum atomic E-state index is 13.0. The van der Waals surface area contributed by atoms with Crippen LogP contribution in [0.1, 0.15) is 64.3 Å². The van der Waals surface area contributed by atoms with Gasteiger partial charge in [-0.25, -0.2) is 0 Å². The Hall–Kier alpha value is -1.85. The van der Waals surface area contributed by atoms with Crippen LogP contribution >= 0.6 is 11.3 Å². The van der Waals surface area contributed by atoms with E-state index in [9.17, 15) is 4.79 Å². The fourth-order valence-electron chi connectivity index (χ4n) is 4.77. The summed E-state index contributed by atoms with van der Waals surface area (Å²) in [5.74, 6) is 1.74. The molecule has 2 heterocycles. The molecule has 1 fully saturated rings. The average Bonchev–Trinajstić information content (AvgIpc) is 3.43. The highest BCUT2D eigenvalue weighted by Gasteiger charge is 2.27. The number of likely N-dealkylation sites (tertiary alicyclic amines) is 1. The van der Waals surface area contributed by atoms with E-state index in [1.165, 1.54) is 36.1 Å². The van der Waals surface area contributed by atoms with Crippen molar-refractivity contribution in [2.75, 3.05) is 26.7 Å².